The fourth-order valence-electron chi connectivity index (χ4n) is 2.14. The van der Waals surface area contributed by atoms with Crippen LogP contribution in [-0.4, -0.2) is 22.7 Å². The molecule has 0 spiro atoms. The molecule has 0 aliphatic heterocycles. The van der Waals surface area contributed by atoms with Crippen LogP contribution in [-0.2, 0) is 0 Å². The van der Waals surface area contributed by atoms with Gasteiger partial charge in [0, 0.05) is 4.47 Å². The molecule has 0 heterocycles. The number of benzene rings is 1. The summed E-state index contributed by atoms with van der Waals surface area (Å²) in [6, 6.07) is 6.72. The maximum absolute atomic E-state index is 14.0. The minimum absolute atomic E-state index is 0.0974. The van der Waals surface area contributed by atoms with Crippen LogP contribution in [0.3, 0.4) is 0 Å². The molecule has 18 heavy (non-hydrogen) atoms. The van der Waals surface area contributed by atoms with Gasteiger partial charge in [-0.1, -0.05) is 15.9 Å². The molecular weight excluding hydrogens is 306 g/mol. The topological polar surface area (TPSA) is 29.5 Å². The van der Waals surface area contributed by atoms with E-state index in [4.69, 9.17) is 4.74 Å². The van der Waals surface area contributed by atoms with Crippen molar-refractivity contribution in [3.8, 4) is 5.75 Å². The van der Waals surface area contributed by atoms with Gasteiger partial charge in [-0.25, -0.2) is 0 Å². The molecule has 2 atom stereocenters. The van der Waals surface area contributed by atoms with E-state index in [9.17, 15) is 13.9 Å². The van der Waals surface area contributed by atoms with Crippen molar-refractivity contribution in [3.63, 3.8) is 0 Å². The van der Waals surface area contributed by atoms with Crippen molar-refractivity contribution in [1.29, 1.82) is 0 Å². The largest absolute Gasteiger partial charge is 0.484 e. The Kier molecular flexibility index (Phi) is 3.65. The SMILES string of the molecule is C[C@@]1(O)CCC[C@@H](Oc2ccc(Br)cc2)C1(F)F. The smallest absolute Gasteiger partial charge is 0.311 e. The third-order valence-electron chi connectivity index (χ3n) is 3.34. The van der Waals surface area contributed by atoms with Crippen LogP contribution in [0.1, 0.15) is 26.2 Å². The summed E-state index contributed by atoms with van der Waals surface area (Å²) in [6.07, 6.45) is -0.397. The summed E-state index contributed by atoms with van der Waals surface area (Å²) in [5.74, 6) is -2.85. The Morgan fingerprint density at radius 3 is 2.56 bits per heavy atom. The quantitative estimate of drug-likeness (QED) is 0.898. The summed E-state index contributed by atoms with van der Waals surface area (Å²) in [4.78, 5) is 0. The Morgan fingerprint density at radius 2 is 1.94 bits per heavy atom. The monoisotopic (exact) mass is 320 g/mol. The average Bonchev–Trinajstić information content (AvgIpc) is 2.28. The zero-order valence-corrected chi connectivity index (χ0v) is 11.6. The highest BCUT2D eigenvalue weighted by Gasteiger charge is 2.58. The van der Waals surface area contributed by atoms with E-state index in [1.165, 1.54) is 6.92 Å². The molecule has 1 N–H and O–H groups in total. The first-order valence-electron chi connectivity index (χ1n) is 5.85. The second-order valence-electron chi connectivity index (χ2n) is 4.85. The number of hydrogen-bond donors (Lipinski definition) is 1. The van der Waals surface area contributed by atoms with Gasteiger partial charge in [-0.3, -0.25) is 0 Å². The first-order valence-corrected chi connectivity index (χ1v) is 6.65. The molecule has 0 radical (unpaired) electrons. The van der Waals surface area contributed by atoms with Crippen molar-refractivity contribution in [2.75, 3.05) is 0 Å². The Hall–Kier alpha value is -0.680. The summed E-state index contributed by atoms with van der Waals surface area (Å²) in [5.41, 5.74) is -1.99. The third kappa shape index (κ3) is 2.52. The highest BCUT2D eigenvalue weighted by molar-refractivity contribution is 9.10. The van der Waals surface area contributed by atoms with Crippen LogP contribution in [0.15, 0.2) is 28.7 Å². The number of aliphatic hydroxyl groups is 1. The van der Waals surface area contributed by atoms with Crippen molar-refractivity contribution in [2.24, 2.45) is 0 Å². The van der Waals surface area contributed by atoms with E-state index in [1.54, 1.807) is 24.3 Å². The van der Waals surface area contributed by atoms with Crippen molar-refractivity contribution < 1.29 is 18.6 Å². The highest BCUT2D eigenvalue weighted by atomic mass is 79.9. The molecule has 1 saturated carbocycles. The second-order valence-corrected chi connectivity index (χ2v) is 5.77. The molecule has 1 aliphatic rings. The van der Waals surface area contributed by atoms with Crippen molar-refractivity contribution in [3.05, 3.63) is 28.7 Å². The number of hydrogen-bond acceptors (Lipinski definition) is 2. The standard InChI is InChI=1S/C13H15BrF2O2/c1-12(17)8-2-3-11(13(12,15)16)18-10-6-4-9(14)5-7-10/h4-7,11,17H,2-3,8H2,1H3/t11-,12-/m1/s1. The molecule has 1 aliphatic carbocycles. The van der Waals surface area contributed by atoms with Crippen LogP contribution in [0.4, 0.5) is 8.78 Å². The van der Waals surface area contributed by atoms with E-state index in [0.29, 0.717) is 12.2 Å². The zero-order chi connectivity index (χ0) is 13.4. The van der Waals surface area contributed by atoms with E-state index in [-0.39, 0.29) is 12.8 Å². The fourth-order valence-corrected chi connectivity index (χ4v) is 2.40. The molecule has 2 rings (SSSR count). The van der Waals surface area contributed by atoms with Crippen LogP contribution >= 0.6 is 15.9 Å². The lowest BCUT2D eigenvalue weighted by atomic mass is 9.81. The predicted octanol–water partition coefficient (Wildman–Crippen LogP) is 3.77. The zero-order valence-electron chi connectivity index (χ0n) is 10.00. The third-order valence-corrected chi connectivity index (χ3v) is 3.87. The Labute approximate surface area is 113 Å². The maximum atomic E-state index is 14.0. The van der Waals surface area contributed by atoms with Crippen molar-refractivity contribution in [1.82, 2.24) is 0 Å². The van der Waals surface area contributed by atoms with Gasteiger partial charge in [-0.2, -0.15) is 8.78 Å². The van der Waals surface area contributed by atoms with Gasteiger partial charge in [0.15, 0.2) is 6.10 Å². The number of ether oxygens (including phenoxy) is 1. The van der Waals surface area contributed by atoms with E-state index in [2.05, 4.69) is 15.9 Å². The minimum atomic E-state index is -3.24. The van der Waals surface area contributed by atoms with Gasteiger partial charge in [0.25, 0.3) is 0 Å². The summed E-state index contributed by atoms with van der Waals surface area (Å²) in [7, 11) is 0. The summed E-state index contributed by atoms with van der Waals surface area (Å²) >= 11 is 3.27. The van der Waals surface area contributed by atoms with E-state index in [0.717, 1.165) is 4.47 Å². The molecule has 1 aromatic carbocycles. The number of halogens is 3. The molecule has 0 aromatic heterocycles. The van der Waals surface area contributed by atoms with Crippen LogP contribution in [0.5, 0.6) is 5.75 Å². The lowest BCUT2D eigenvalue weighted by Crippen LogP contribution is -2.58. The Balaban J connectivity index is 2.15. The first kappa shape index (κ1) is 13.7. The summed E-state index contributed by atoms with van der Waals surface area (Å²) in [6.45, 7) is 1.17. The molecule has 100 valence electrons. The van der Waals surface area contributed by atoms with Gasteiger partial charge in [-0.05, 0) is 50.5 Å². The van der Waals surface area contributed by atoms with Crippen LogP contribution in [0.2, 0.25) is 0 Å². The fraction of sp³-hybridized carbons (Fsp3) is 0.538. The number of alkyl halides is 2. The van der Waals surface area contributed by atoms with Gasteiger partial charge in [0.1, 0.15) is 11.4 Å². The number of rotatable bonds is 2. The second kappa shape index (κ2) is 4.78. The Bertz CT molecular complexity index is 418. The lowest BCUT2D eigenvalue weighted by molar-refractivity contribution is -0.236. The average molecular weight is 321 g/mol. The van der Waals surface area contributed by atoms with E-state index in [1.807, 2.05) is 0 Å². The van der Waals surface area contributed by atoms with Gasteiger partial charge >= 0.3 is 5.92 Å². The molecule has 2 nitrogen and oxygen atoms in total. The predicted molar refractivity (Wildman–Crippen MR) is 68.0 cm³/mol. The van der Waals surface area contributed by atoms with Crippen LogP contribution in [0.25, 0.3) is 0 Å². The maximum Gasteiger partial charge on any atom is 0.311 e. The van der Waals surface area contributed by atoms with Gasteiger partial charge in [0.05, 0.1) is 0 Å². The molecular formula is C13H15BrF2O2. The normalized spacial score (nSPS) is 31.1. The molecule has 0 bridgehead atoms. The van der Waals surface area contributed by atoms with Crippen molar-refractivity contribution in [2.45, 2.75) is 43.8 Å². The molecule has 0 unspecified atom stereocenters. The van der Waals surface area contributed by atoms with Crippen molar-refractivity contribution >= 4 is 15.9 Å². The van der Waals surface area contributed by atoms with Gasteiger partial charge in [-0.15, -0.1) is 0 Å². The first-order chi connectivity index (χ1) is 8.33. The minimum Gasteiger partial charge on any atom is -0.484 e. The molecule has 1 aromatic rings. The van der Waals surface area contributed by atoms with E-state index < -0.39 is 17.6 Å². The Morgan fingerprint density at radius 1 is 1.33 bits per heavy atom. The molecule has 1 fully saturated rings. The highest BCUT2D eigenvalue weighted by Crippen LogP contribution is 2.43. The molecule has 0 saturated heterocycles. The summed E-state index contributed by atoms with van der Waals surface area (Å²) < 4.78 is 34.2. The molecule has 0 amide bonds. The van der Waals surface area contributed by atoms with Crippen LogP contribution in [0, 0.1) is 0 Å². The summed E-state index contributed by atoms with van der Waals surface area (Å²) in [5, 5.41) is 9.76. The van der Waals surface area contributed by atoms with Gasteiger partial charge in [0.2, 0.25) is 0 Å². The van der Waals surface area contributed by atoms with Gasteiger partial charge < -0.3 is 9.84 Å². The molecule has 5 heteroatoms. The van der Waals surface area contributed by atoms with E-state index >= 15 is 0 Å². The van der Waals surface area contributed by atoms with Crippen LogP contribution < -0.4 is 4.74 Å². The lowest BCUT2D eigenvalue weighted by Gasteiger charge is -2.41.